The summed E-state index contributed by atoms with van der Waals surface area (Å²) in [5.41, 5.74) is -0.518. The molecule has 9 heteroatoms. The average molecular weight is 375 g/mol. The fourth-order valence-electron chi connectivity index (χ4n) is 2.95. The predicted octanol–water partition coefficient (Wildman–Crippen LogP) is 0.812. The number of esters is 1. The van der Waals surface area contributed by atoms with Crippen LogP contribution in [-0.4, -0.2) is 57.8 Å². The van der Waals surface area contributed by atoms with Crippen LogP contribution in [0.25, 0.3) is 0 Å². The van der Waals surface area contributed by atoms with Gasteiger partial charge in [0.15, 0.2) is 9.84 Å². The molecule has 0 spiro atoms. The Balaban J connectivity index is 2.35. The first kappa shape index (κ1) is 18.9. The second-order valence-electron chi connectivity index (χ2n) is 6.38. The number of benzene rings is 1. The number of hydrogen-bond acceptors (Lipinski definition) is 6. The lowest BCUT2D eigenvalue weighted by Gasteiger charge is -2.40. The van der Waals surface area contributed by atoms with Gasteiger partial charge in [-0.05, 0) is 25.5 Å². The molecule has 0 aromatic heterocycles. The lowest BCUT2D eigenvalue weighted by atomic mass is 10.1. The molecule has 1 aromatic rings. The Morgan fingerprint density at radius 2 is 1.92 bits per heavy atom. The molecule has 0 unspecified atom stereocenters. The Bertz CT molecular complexity index is 842. The van der Waals surface area contributed by atoms with Crippen LogP contribution in [0.2, 0.25) is 0 Å². The minimum Gasteiger partial charge on any atom is -0.465 e. The molecule has 7 nitrogen and oxygen atoms in total. The molecular formula is C15H21NO6S2. The fourth-order valence-corrected chi connectivity index (χ4v) is 6.97. The summed E-state index contributed by atoms with van der Waals surface area (Å²) in [6, 6.07) is 6.32. The minimum atomic E-state index is -3.80. The highest BCUT2D eigenvalue weighted by Gasteiger charge is 2.43. The second kappa shape index (κ2) is 6.45. The van der Waals surface area contributed by atoms with Crippen molar-refractivity contribution in [3.05, 3.63) is 35.4 Å². The summed E-state index contributed by atoms with van der Waals surface area (Å²) in [5, 5.41) is 0. The van der Waals surface area contributed by atoms with Crippen LogP contribution in [0.5, 0.6) is 0 Å². The first-order valence-electron chi connectivity index (χ1n) is 7.36. The maximum absolute atomic E-state index is 12.8. The highest BCUT2D eigenvalue weighted by Crippen LogP contribution is 2.28. The van der Waals surface area contributed by atoms with Gasteiger partial charge < -0.3 is 4.74 Å². The molecular weight excluding hydrogens is 354 g/mol. The van der Waals surface area contributed by atoms with Gasteiger partial charge in [0.1, 0.15) is 0 Å². The van der Waals surface area contributed by atoms with Crippen LogP contribution in [0, 0.1) is 0 Å². The van der Waals surface area contributed by atoms with Crippen molar-refractivity contribution >= 4 is 25.8 Å². The van der Waals surface area contributed by atoms with Gasteiger partial charge in [-0.3, -0.25) is 0 Å². The molecule has 2 rings (SSSR count). The number of carbonyl (C=O) groups excluding carboxylic acids is 1. The van der Waals surface area contributed by atoms with Gasteiger partial charge in [-0.2, -0.15) is 4.31 Å². The van der Waals surface area contributed by atoms with Crippen LogP contribution < -0.4 is 0 Å². The Labute approximate surface area is 142 Å². The monoisotopic (exact) mass is 375 g/mol. The first-order chi connectivity index (χ1) is 11.0. The number of sulfone groups is 1. The summed E-state index contributed by atoms with van der Waals surface area (Å²) in [5.74, 6) is -1.42. The molecule has 0 amide bonds. The van der Waals surface area contributed by atoms with Gasteiger partial charge in [-0.25, -0.2) is 21.6 Å². The molecule has 1 aliphatic rings. The number of nitrogens with zero attached hydrogens (tertiary/aromatic N) is 1. The quantitative estimate of drug-likeness (QED) is 0.723. The molecule has 0 bridgehead atoms. The van der Waals surface area contributed by atoms with Crippen molar-refractivity contribution < 1.29 is 26.4 Å². The maximum Gasteiger partial charge on any atom is 0.338 e. The first-order valence-corrected chi connectivity index (χ1v) is 10.8. The van der Waals surface area contributed by atoms with Crippen molar-refractivity contribution in [2.45, 2.75) is 25.1 Å². The Morgan fingerprint density at radius 3 is 2.50 bits per heavy atom. The van der Waals surface area contributed by atoms with E-state index in [4.69, 9.17) is 0 Å². The third kappa shape index (κ3) is 3.96. The summed E-state index contributed by atoms with van der Waals surface area (Å²) in [6.07, 6.45) is 0. The SMILES string of the molecule is COC(=O)c1ccccc1CS(=O)(=O)N1CCS(=O)(=O)CC1(C)C. The van der Waals surface area contributed by atoms with E-state index in [-0.39, 0.29) is 29.4 Å². The number of rotatable bonds is 4. The Hall–Kier alpha value is -1.45. The largest absolute Gasteiger partial charge is 0.465 e. The zero-order valence-corrected chi connectivity index (χ0v) is 15.5. The Morgan fingerprint density at radius 1 is 1.29 bits per heavy atom. The van der Waals surface area contributed by atoms with Crippen LogP contribution in [0.3, 0.4) is 0 Å². The van der Waals surface area contributed by atoms with Crippen molar-refractivity contribution in [1.29, 1.82) is 0 Å². The molecule has 0 aliphatic carbocycles. The average Bonchev–Trinajstić information content (AvgIpc) is 2.44. The van der Waals surface area contributed by atoms with Crippen LogP contribution >= 0.6 is 0 Å². The number of carbonyl (C=O) groups is 1. The van der Waals surface area contributed by atoms with E-state index in [1.165, 1.54) is 17.5 Å². The van der Waals surface area contributed by atoms with Crippen molar-refractivity contribution in [3.63, 3.8) is 0 Å². The standard InChI is InChI=1S/C15H21NO6S2/c1-15(2)11-23(18,19)9-8-16(15)24(20,21)10-12-6-4-5-7-13(12)14(17)22-3/h4-7H,8-11H2,1-3H3. The van der Waals surface area contributed by atoms with E-state index in [9.17, 15) is 21.6 Å². The molecule has 0 radical (unpaired) electrons. The van der Waals surface area contributed by atoms with E-state index in [2.05, 4.69) is 4.74 Å². The van der Waals surface area contributed by atoms with Gasteiger partial charge >= 0.3 is 5.97 Å². The van der Waals surface area contributed by atoms with Crippen LogP contribution in [0.1, 0.15) is 29.8 Å². The molecule has 1 saturated heterocycles. The zero-order chi connectivity index (χ0) is 18.2. The number of ether oxygens (including phenoxy) is 1. The molecule has 0 saturated carbocycles. The number of hydrogen-bond donors (Lipinski definition) is 0. The normalized spacial score (nSPS) is 20.5. The van der Waals surface area contributed by atoms with Crippen molar-refractivity contribution in [2.24, 2.45) is 0 Å². The highest BCUT2D eigenvalue weighted by molar-refractivity contribution is 7.92. The summed E-state index contributed by atoms with van der Waals surface area (Å²) in [7, 11) is -5.83. The fraction of sp³-hybridized carbons (Fsp3) is 0.533. The van der Waals surface area contributed by atoms with Crippen LogP contribution in [0.4, 0.5) is 0 Å². The van der Waals surface area contributed by atoms with E-state index in [0.29, 0.717) is 5.56 Å². The van der Waals surface area contributed by atoms with Crippen LogP contribution in [0.15, 0.2) is 24.3 Å². The predicted molar refractivity (Wildman–Crippen MR) is 89.8 cm³/mol. The number of methoxy groups -OCH3 is 1. The van der Waals surface area contributed by atoms with E-state index in [0.717, 1.165) is 0 Å². The topological polar surface area (TPSA) is 97.8 Å². The maximum atomic E-state index is 12.8. The van der Waals surface area contributed by atoms with Crippen molar-refractivity contribution in [3.8, 4) is 0 Å². The van der Waals surface area contributed by atoms with Crippen molar-refractivity contribution in [1.82, 2.24) is 4.31 Å². The number of sulfonamides is 1. The van der Waals surface area contributed by atoms with E-state index >= 15 is 0 Å². The second-order valence-corrected chi connectivity index (χ2v) is 10.5. The summed E-state index contributed by atoms with van der Waals surface area (Å²) in [6.45, 7) is 3.10. The molecule has 24 heavy (non-hydrogen) atoms. The molecule has 134 valence electrons. The van der Waals surface area contributed by atoms with E-state index in [1.54, 1.807) is 32.0 Å². The van der Waals surface area contributed by atoms with Gasteiger partial charge in [0.2, 0.25) is 10.0 Å². The third-order valence-corrected chi connectivity index (χ3v) is 7.93. The molecule has 1 aliphatic heterocycles. The van der Waals surface area contributed by atoms with Gasteiger partial charge in [-0.15, -0.1) is 0 Å². The lowest BCUT2D eigenvalue weighted by Crippen LogP contribution is -2.57. The molecule has 0 N–H and O–H groups in total. The van der Waals surface area contributed by atoms with Gasteiger partial charge in [0.25, 0.3) is 0 Å². The molecule has 1 fully saturated rings. The van der Waals surface area contributed by atoms with E-state index < -0.39 is 31.4 Å². The van der Waals surface area contributed by atoms with Crippen LogP contribution in [-0.2, 0) is 30.4 Å². The summed E-state index contributed by atoms with van der Waals surface area (Å²) >= 11 is 0. The summed E-state index contributed by atoms with van der Waals surface area (Å²) in [4.78, 5) is 11.8. The zero-order valence-electron chi connectivity index (χ0n) is 13.9. The highest BCUT2D eigenvalue weighted by atomic mass is 32.2. The minimum absolute atomic E-state index is 0.0853. The molecule has 1 aromatic carbocycles. The van der Waals surface area contributed by atoms with Gasteiger partial charge in [0.05, 0.1) is 29.9 Å². The lowest BCUT2D eigenvalue weighted by molar-refractivity contribution is 0.0600. The molecule has 0 atom stereocenters. The molecule has 1 heterocycles. The van der Waals surface area contributed by atoms with Gasteiger partial charge in [-0.1, -0.05) is 18.2 Å². The Kier molecular flexibility index (Phi) is 5.08. The smallest absolute Gasteiger partial charge is 0.338 e. The van der Waals surface area contributed by atoms with Crippen molar-refractivity contribution in [2.75, 3.05) is 25.2 Å². The van der Waals surface area contributed by atoms with Gasteiger partial charge in [0, 0.05) is 12.1 Å². The third-order valence-electron chi connectivity index (χ3n) is 3.95. The van der Waals surface area contributed by atoms with E-state index in [1.807, 2.05) is 0 Å². The summed E-state index contributed by atoms with van der Waals surface area (Å²) < 4.78 is 55.1.